The van der Waals surface area contributed by atoms with Crippen LogP contribution in [0.4, 0.5) is 0 Å². The summed E-state index contributed by atoms with van der Waals surface area (Å²) < 4.78 is 1.79. The van der Waals surface area contributed by atoms with Gasteiger partial charge in [0.05, 0.1) is 12.7 Å². The van der Waals surface area contributed by atoms with Crippen molar-refractivity contribution in [3.05, 3.63) is 35.9 Å². The quantitative estimate of drug-likeness (QED) is 0.758. The number of rotatable bonds is 1. The fourth-order valence-electron chi connectivity index (χ4n) is 2.23. The van der Waals surface area contributed by atoms with Crippen molar-refractivity contribution in [2.45, 2.75) is 13.5 Å². The molecule has 2 aromatic rings. The molecule has 0 aromatic carbocycles. The van der Waals surface area contributed by atoms with E-state index in [4.69, 9.17) is 0 Å². The van der Waals surface area contributed by atoms with E-state index < -0.39 is 0 Å². The first kappa shape index (κ1) is 11.0. The van der Waals surface area contributed by atoms with Crippen LogP contribution in [-0.2, 0) is 6.54 Å². The van der Waals surface area contributed by atoms with Crippen LogP contribution in [0.25, 0.3) is 11.1 Å². The smallest absolute Gasteiger partial charge is 0.272 e. The molecule has 0 fully saturated rings. The van der Waals surface area contributed by atoms with Crippen molar-refractivity contribution >= 4 is 5.91 Å². The molecule has 0 spiro atoms. The van der Waals surface area contributed by atoms with Gasteiger partial charge in [-0.05, 0) is 24.6 Å². The number of amides is 1. The summed E-state index contributed by atoms with van der Waals surface area (Å²) >= 11 is 0. The molecular formula is C13H14N4O. The Morgan fingerprint density at radius 3 is 2.94 bits per heavy atom. The van der Waals surface area contributed by atoms with Crippen molar-refractivity contribution in [2.24, 2.45) is 0 Å². The molecule has 0 unspecified atom stereocenters. The lowest BCUT2D eigenvalue weighted by Gasteiger charge is -2.24. The second-order valence-electron chi connectivity index (χ2n) is 4.54. The zero-order valence-corrected chi connectivity index (χ0v) is 10.4. The Morgan fingerprint density at radius 2 is 2.17 bits per heavy atom. The van der Waals surface area contributed by atoms with Gasteiger partial charge < -0.3 is 4.90 Å². The molecule has 0 N–H and O–H groups in total. The van der Waals surface area contributed by atoms with E-state index >= 15 is 0 Å². The summed E-state index contributed by atoms with van der Waals surface area (Å²) in [7, 11) is 1.82. The maximum Gasteiger partial charge on any atom is 0.272 e. The third-order valence-electron chi connectivity index (χ3n) is 3.24. The number of carbonyl (C=O) groups excluding carboxylic acids is 1. The highest BCUT2D eigenvalue weighted by Crippen LogP contribution is 2.26. The van der Waals surface area contributed by atoms with Crippen LogP contribution in [0.1, 0.15) is 16.2 Å². The maximum atomic E-state index is 12.2. The molecule has 3 heterocycles. The van der Waals surface area contributed by atoms with E-state index in [1.807, 2.05) is 26.1 Å². The highest BCUT2D eigenvalue weighted by Gasteiger charge is 2.26. The van der Waals surface area contributed by atoms with Gasteiger partial charge in [0.2, 0.25) is 0 Å². The number of hydrogen-bond donors (Lipinski definition) is 0. The van der Waals surface area contributed by atoms with Gasteiger partial charge in [0.15, 0.2) is 0 Å². The first-order chi connectivity index (χ1) is 8.66. The van der Waals surface area contributed by atoms with Gasteiger partial charge in [-0.15, -0.1) is 0 Å². The average molecular weight is 242 g/mol. The molecule has 0 saturated carbocycles. The van der Waals surface area contributed by atoms with E-state index in [0.717, 1.165) is 23.4 Å². The normalized spacial score (nSPS) is 14.8. The molecule has 0 atom stereocenters. The highest BCUT2D eigenvalue weighted by atomic mass is 16.2. The molecule has 1 amide bonds. The van der Waals surface area contributed by atoms with Crippen LogP contribution in [0.2, 0.25) is 0 Å². The largest absolute Gasteiger partial charge is 0.339 e. The first-order valence-corrected chi connectivity index (χ1v) is 5.91. The second kappa shape index (κ2) is 3.94. The van der Waals surface area contributed by atoms with Crippen LogP contribution < -0.4 is 0 Å². The van der Waals surface area contributed by atoms with Crippen molar-refractivity contribution in [3.63, 3.8) is 0 Å². The number of nitrogens with zero attached hydrogens (tertiary/aromatic N) is 4. The molecule has 2 aromatic heterocycles. The summed E-state index contributed by atoms with van der Waals surface area (Å²) in [5.74, 6) is 0.0308. The summed E-state index contributed by atoms with van der Waals surface area (Å²) in [4.78, 5) is 18.1. The Bertz CT molecular complexity index is 617. The summed E-state index contributed by atoms with van der Waals surface area (Å²) in [5, 5.41) is 4.30. The lowest BCUT2D eigenvalue weighted by atomic mass is 10.1. The average Bonchev–Trinajstić information content (AvgIpc) is 2.78. The molecule has 5 nitrogen and oxygen atoms in total. The number of likely N-dealkylation sites (N-methyl/N-ethyl adjacent to an activating group) is 1. The predicted molar refractivity (Wildman–Crippen MR) is 67.2 cm³/mol. The van der Waals surface area contributed by atoms with Crippen molar-refractivity contribution in [3.8, 4) is 11.1 Å². The van der Waals surface area contributed by atoms with Crippen LogP contribution >= 0.6 is 0 Å². The van der Waals surface area contributed by atoms with Gasteiger partial charge in [0.25, 0.3) is 5.91 Å². The highest BCUT2D eigenvalue weighted by molar-refractivity contribution is 5.99. The number of aryl methyl sites for hydroxylation is 1. The molecule has 18 heavy (non-hydrogen) atoms. The number of pyridine rings is 1. The molecule has 1 aliphatic rings. The predicted octanol–water partition coefficient (Wildman–Crippen LogP) is 1.34. The van der Waals surface area contributed by atoms with Crippen LogP contribution in [0, 0.1) is 6.92 Å². The number of hydrogen-bond acceptors (Lipinski definition) is 3. The maximum absolute atomic E-state index is 12.2. The van der Waals surface area contributed by atoms with E-state index in [1.54, 1.807) is 22.0 Å². The van der Waals surface area contributed by atoms with E-state index in [-0.39, 0.29) is 5.91 Å². The summed E-state index contributed by atoms with van der Waals surface area (Å²) in [6, 6.07) is 3.88. The molecule has 0 bridgehead atoms. The second-order valence-corrected chi connectivity index (χ2v) is 4.54. The standard InChI is InChI=1S/C13H14N4O/c1-9-7-10(3-4-14-9)11-8-15-17-6-5-16(2)13(18)12(11)17/h3-4,7-8H,5-6H2,1-2H3. The molecule has 92 valence electrons. The molecule has 3 rings (SSSR count). The monoisotopic (exact) mass is 242 g/mol. The Labute approximate surface area is 105 Å². The van der Waals surface area contributed by atoms with Crippen molar-refractivity contribution in [1.82, 2.24) is 19.7 Å². The van der Waals surface area contributed by atoms with Crippen LogP contribution in [0.15, 0.2) is 24.5 Å². The van der Waals surface area contributed by atoms with Gasteiger partial charge in [-0.3, -0.25) is 14.5 Å². The van der Waals surface area contributed by atoms with Gasteiger partial charge in [0, 0.05) is 31.0 Å². The minimum Gasteiger partial charge on any atom is -0.339 e. The van der Waals surface area contributed by atoms with Gasteiger partial charge in [-0.2, -0.15) is 5.10 Å². The lowest BCUT2D eigenvalue weighted by Crippen LogP contribution is -2.37. The number of carbonyl (C=O) groups is 1. The fourth-order valence-corrected chi connectivity index (χ4v) is 2.23. The molecule has 0 aliphatic carbocycles. The molecular weight excluding hydrogens is 228 g/mol. The Balaban J connectivity index is 2.15. The molecule has 0 radical (unpaired) electrons. The zero-order valence-electron chi connectivity index (χ0n) is 10.4. The Morgan fingerprint density at radius 1 is 1.33 bits per heavy atom. The van der Waals surface area contributed by atoms with Crippen LogP contribution in [0.3, 0.4) is 0 Å². The third kappa shape index (κ3) is 1.59. The minimum absolute atomic E-state index is 0.0308. The van der Waals surface area contributed by atoms with E-state index in [0.29, 0.717) is 12.2 Å². The summed E-state index contributed by atoms with van der Waals surface area (Å²) in [6.45, 7) is 3.40. The third-order valence-corrected chi connectivity index (χ3v) is 3.24. The SMILES string of the molecule is Cc1cc(-c2cnn3c2C(=O)N(C)CC3)ccn1. The molecule has 5 heteroatoms. The Kier molecular flexibility index (Phi) is 2.40. The van der Waals surface area contributed by atoms with Crippen molar-refractivity contribution in [2.75, 3.05) is 13.6 Å². The topological polar surface area (TPSA) is 51.0 Å². The van der Waals surface area contributed by atoms with Crippen LogP contribution in [0.5, 0.6) is 0 Å². The number of fused-ring (bicyclic) bond motifs is 1. The van der Waals surface area contributed by atoms with Gasteiger partial charge in [0.1, 0.15) is 5.69 Å². The Hall–Kier alpha value is -2.17. The van der Waals surface area contributed by atoms with Gasteiger partial charge >= 0.3 is 0 Å². The van der Waals surface area contributed by atoms with E-state index in [2.05, 4.69) is 10.1 Å². The zero-order chi connectivity index (χ0) is 12.7. The summed E-state index contributed by atoms with van der Waals surface area (Å²) in [5.41, 5.74) is 3.49. The van der Waals surface area contributed by atoms with Crippen molar-refractivity contribution in [1.29, 1.82) is 0 Å². The number of aromatic nitrogens is 3. The molecule has 1 aliphatic heterocycles. The summed E-state index contributed by atoms with van der Waals surface area (Å²) in [6.07, 6.45) is 3.52. The minimum atomic E-state index is 0.0308. The van der Waals surface area contributed by atoms with Gasteiger partial charge in [-0.1, -0.05) is 0 Å². The van der Waals surface area contributed by atoms with E-state index in [9.17, 15) is 4.79 Å². The molecule has 0 saturated heterocycles. The van der Waals surface area contributed by atoms with E-state index in [1.165, 1.54) is 0 Å². The van der Waals surface area contributed by atoms with Gasteiger partial charge in [-0.25, -0.2) is 0 Å². The lowest BCUT2D eigenvalue weighted by molar-refractivity contribution is 0.0743. The van der Waals surface area contributed by atoms with Crippen LogP contribution in [-0.4, -0.2) is 39.2 Å². The first-order valence-electron chi connectivity index (χ1n) is 5.91. The van der Waals surface area contributed by atoms with Crippen molar-refractivity contribution < 1.29 is 4.79 Å². The fraction of sp³-hybridized carbons (Fsp3) is 0.308.